The van der Waals surface area contributed by atoms with Crippen LogP contribution in [0.5, 0.6) is 11.6 Å². The van der Waals surface area contributed by atoms with Gasteiger partial charge in [0.2, 0.25) is 5.88 Å². The lowest BCUT2D eigenvalue weighted by Gasteiger charge is -2.05. The van der Waals surface area contributed by atoms with E-state index in [1.165, 1.54) is 0 Å². The second kappa shape index (κ2) is 3.87. The molecule has 0 spiro atoms. The van der Waals surface area contributed by atoms with Crippen molar-refractivity contribution in [3.63, 3.8) is 0 Å². The third-order valence-electron chi connectivity index (χ3n) is 1.81. The first-order valence-corrected chi connectivity index (χ1v) is 4.37. The molecule has 0 unspecified atom stereocenters. The maximum atomic E-state index is 5.54. The highest BCUT2D eigenvalue weighted by Gasteiger charge is 2.00. The first-order valence-electron chi connectivity index (χ1n) is 4.37. The standard InChI is InChI=1S/C11H10N2O/c1-9-10(5-4-8-12-9)14-11-6-2-3-7-13-11/h2-8H,1H3. The van der Waals surface area contributed by atoms with E-state index in [1.54, 1.807) is 12.4 Å². The molecule has 2 heterocycles. The first-order chi connectivity index (χ1) is 6.86. The Kier molecular flexibility index (Phi) is 2.40. The van der Waals surface area contributed by atoms with E-state index < -0.39 is 0 Å². The van der Waals surface area contributed by atoms with Crippen molar-refractivity contribution in [2.75, 3.05) is 0 Å². The fourth-order valence-corrected chi connectivity index (χ4v) is 1.10. The summed E-state index contributed by atoms with van der Waals surface area (Å²) < 4.78 is 5.54. The van der Waals surface area contributed by atoms with Crippen molar-refractivity contribution >= 4 is 0 Å². The fraction of sp³-hybridized carbons (Fsp3) is 0.0909. The summed E-state index contributed by atoms with van der Waals surface area (Å²) in [5, 5.41) is 0. The Balaban J connectivity index is 2.24. The zero-order valence-electron chi connectivity index (χ0n) is 7.84. The molecule has 0 saturated heterocycles. The molecule has 2 rings (SSSR count). The Bertz CT molecular complexity index is 415. The SMILES string of the molecule is Cc1ncccc1Oc1ccccn1. The van der Waals surface area contributed by atoms with Gasteiger partial charge >= 0.3 is 0 Å². The van der Waals surface area contributed by atoms with Gasteiger partial charge in [-0.05, 0) is 25.1 Å². The van der Waals surface area contributed by atoms with E-state index in [2.05, 4.69) is 9.97 Å². The van der Waals surface area contributed by atoms with Crippen LogP contribution >= 0.6 is 0 Å². The Labute approximate surface area is 82.4 Å². The summed E-state index contributed by atoms with van der Waals surface area (Å²) in [6, 6.07) is 9.26. The largest absolute Gasteiger partial charge is 0.437 e. The van der Waals surface area contributed by atoms with Gasteiger partial charge in [0.05, 0.1) is 5.69 Å². The van der Waals surface area contributed by atoms with E-state index in [0.717, 1.165) is 11.4 Å². The second-order valence-corrected chi connectivity index (χ2v) is 2.86. The van der Waals surface area contributed by atoms with Crippen molar-refractivity contribution in [3.8, 4) is 11.6 Å². The molecule has 0 bridgehead atoms. The second-order valence-electron chi connectivity index (χ2n) is 2.86. The van der Waals surface area contributed by atoms with Crippen LogP contribution in [-0.4, -0.2) is 9.97 Å². The van der Waals surface area contributed by atoms with Crippen LogP contribution in [0.25, 0.3) is 0 Å². The molecule has 70 valence electrons. The van der Waals surface area contributed by atoms with Crippen LogP contribution in [0.15, 0.2) is 42.7 Å². The summed E-state index contributed by atoms with van der Waals surface area (Å²) in [7, 11) is 0. The molecule has 0 atom stereocenters. The average molecular weight is 186 g/mol. The quantitative estimate of drug-likeness (QED) is 0.723. The van der Waals surface area contributed by atoms with E-state index in [-0.39, 0.29) is 0 Å². The van der Waals surface area contributed by atoms with E-state index in [0.29, 0.717) is 5.88 Å². The molecular weight excluding hydrogens is 176 g/mol. The summed E-state index contributed by atoms with van der Waals surface area (Å²) in [5.74, 6) is 1.33. The number of hydrogen-bond donors (Lipinski definition) is 0. The number of aryl methyl sites for hydroxylation is 1. The van der Waals surface area contributed by atoms with E-state index in [9.17, 15) is 0 Å². The first kappa shape index (κ1) is 8.69. The number of nitrogens with zero attached hydrogens (tertiary/aromatic N) is 2. The van der Waals surface area contributed by atoms with Gasteiger partial charge in [-0.15, -0.1) is 0 Å². The van der Waals surface area contributed by atoms with Crippen LogP contribution in [0.1, 0.15) is 5.69 Å². The van der Waals surface area contributed by atoms with Crippen LogP contribution in [0.2, 0.25) is 0 Å². The minimum atomic E-state index is 0.587. The van der Waals surface area contributed by atoms with Gasteiger partial charge in [-0.1, -0.05) is 6.07 Å². The molecule has 0 aliphatic heterocycles. The van der Waals surface area contributed by atoms with E-state index in [4.69, 9.17) is 4.74 Å². The Hall–Kier alpha value is -1.90. The highest BCUT2D eigenvalue weighted by atomic mass is 16.5. The minimum Gasteiger partial charge on any atom is -0.437 e. The molecule has 0 fully saturated rings. The lowest BCUT2D eigenvalue weighted by atomic mass is 10.3. The monoisotopic (exact) mass is 186 g/mol. The molecule has 3 nitrogen and oxygen atoms in total. The molecular formula is C11H10N2O. The predicted molar refractivity (Wildman–Crippen MR) is 53.3 cm³/mol. The molecule has 0 radical (unpaired) electrons. The van der Waals surface area contributed by atoms with Gasteiger partial charge in [-0.25, -0.2) is 4.98 Å². The Morgan fingerprint density at radius 1 is 1.00 bits per heavy atom. The summed E-state index contributed by atoms with van der Waals surface area (Å²) in [6.07, 6.45) is 3.43. The third-order valence-corrected chi connectivity index (χ3v) is 1.81. The van der Waals surface area contributed by atoms with E-state index in [1.807, 2.05) is 37.3 Å². The molecule has 2 aromatic rings. The maximum absolute atomic E-state index is 5.54. The zero-order valence-corrected chi connectivity index (χ0v) is 7.84. The summed E-state index contributed by atoms with van der Waals surface area (Å²) in [6.45, 7) is 1.90. The average Bonchev–Trinajstić information content (AvgIpc) is 2.23. The fourth-order valence-electron chi connectivity index (χ4n) is 1.10. The molecule has 0 aliphatic carbocycles. The zero-order chi connectivity index (χ0) is 9.80. The maximum Gasteiger partial charge on any atom is 0.219 e. The summed E-state index contributed by atoms with van der Waals surface area (Å²) in [4.78, 5) is 8.19. The van der Waals surface area contributed by atoms with Crippen molar-refractivity contribution in [1.29, 1.82) is 0 Å². The molecule has 0 N–H and O–H groups in total. The van der Waals surface area contributed by atoms with Crippen LogP contribution < -0.4 is 4.74 Å². The highest BCUT2D eigenvalue weighted by Crippen LogP contribution is 2.20. The predicted octanol–water partition coefficient (Wildman–Crippen LogP) is 2.58. The van der Waals surface area contributed by atoms with Gasteiger partial charge in [-0.3, -0.25) is 4.98 Å². The summed E-state index contributed by atoms with van der Waals surface area (Å²) in [5.41, 5.74) is 0.859. The van der Waals surface area contributed by atoms with Crippen LogP contribution in [0.4, 0.5) is 0 Å². The molecule has 3 heteroatoms. The smallest absolute Gasteiger partial charge is 0.219 e. The van der Waals surface area contributed by atoms with Crippen LogP contribution in [0.3, 0.4) is 0 Å². The minimum absolute atomic E-state index is 0.587. The van der Waals surface area contributed by atoms with Crippen molar-refractivity contribution < 1.29 is 4.74 Å². The molecule has 0 aromatic carbocycles. The molecule has 0 amide bonds. The Morgan fingerprint density at radius 2 is 1.86 bits per heavy atom. The van der Waals surface area contributed by atoms with Crippen molar-refractivity contribution in [2.24, 2.45) is 0 Å². The number of pyridine rings is 2. The van der Waals surface area contributed by atoms with Gasteiger partial charge in [0.25, 0.3) is 0 Å². The lowest BCUT2D eigenvalue weighted by molar-refractivity contribution is 0.456. The van der Waals surface area contributed by atoms with Gasteiger partial charge in [-0.2, -0.15) is 0 Å². The number of hydrogen-bond acceptors (Lipinski definition) is 3. The highest BCUT2D eigenvalue weighted by molar-refractivity contribution is 5.29. The number of rotatable bonds is 2. The molecule has 2 aromatic heterocycles. The topological polar surface area (TPSA) is 35.0 Å². The third kappa shape index (κ3) is 1.88. The molecule has 0 aliphatic rings. The molecule has 0 saturated carbocycles. The molecule has 14 heavy (non-hydrogen) atoms. The van der Waals surface area contributed by atoms with Gasteiger partial charge in [0.1, 0.15) is 0 Å². The van der Waals surface area contributed by atoms with E-state index >= 15 is 0 Å². The van der Waals surface area contributed by atoms with Gasteiger partial charge in [0, 0.05) is 18.5 Å². The van der Waals surface area contributed by atoms with Crippen LogP contribution in [0, 0.1) is 6.92 Å². The number of aromatic nitrogens is 2. The van der Waals surface area contributed by atoms with Gasteiger partial charge in [0.15, 0.2) is 5.75 Å². The summed E-state index contributed by atoms with van der Waals surface area (Å²) >= 11 is 0. The number of ether oxygens (including phenoxy) is 1. The normalized spacial score (nSPS) is 9.79. The Morgan fingerprint density at radius 3 is 2.57 bits per heavy atom. The van der Waals surface area contributed by atoms with Crippen molar-refractivity contribution in [3.05, 3.63) is 48.4 Å². The van der Waals surface area contributed by atoms with Gasteiger partial charge < -0.3 is 4.74 Å². The lowest BCUT2D eigenvalue weighted by Crippen LogP contribution is -1.90. The van der Waals surface area contributed by atoms with Crippen molar-refractivity contribution in [2.45, 2.75) is 6.92 Å². The van der Waals surface area contributed by atoms with Crippen molar-refractivity contribution in [1.82, 2.24) is 9.97 Å². The van der Waals surface area contributed by atoms with Crippen LogP contribution in [-0.2, 0) is 0 Å².